The first kappa shape index (κ1) is 27.6. The largest absolute Gasteiger partial charge is 0.499 e. The first-order chi connectivity index (χ1) is 18.3. The smallest absolute Gasteiger partial charge is 0.426 e. The Bertz CT molecular complexity index is 1450. The average Bonchev–Trinajstić information content (AvgIpc) is 3.34. The van der Waals surface area contributed by atoms with Gasteiger partial charge in [0, 0.05) is 16.9 Å². The molecule has 204 valence electrons. The van der Waals surface area contributed by atoms with E-state index in [0.29, 0.717) is 22.8 Å². The number of rotatable bonds is 7. The van der Waals surface area contributed by atoms with Gasteiger partial charge in [-0.2, -0.15) is 22.0 Å². The van der Waals surface area contributed by atoms with Gasteiger partial charge in [-0.1, -0.05) is 26.0 Å². The minimum absolute atomic E-state index is 0.234. The molecule has 0 spiro atoms. The molecule has 0 radical (unpaired) electrons. The number of halogens is 5. The zero-order valence-electron chi connectivity index (χ0n) is 21.1. The van der Waals surface area contributed by atoms with Crippen LogP contribution in [0.1, 0.15) is 30.9 Å². The van der Waals surface area contributed by atoms with Gasteiger partial charge in [0.1, 0.15) is 12.1 Å². The molecule has 0 unspecified atom stereocenters. The molecule has 7 nitrogen and oxygen atoms in total. The highest BCUT2D eigenvalue weighted by atomic mass is 19.4. The molecule has 2 N–H and O–H groups in total. The molecule has 4 aromatic rings. The van der Waals surface area contributed by atoms with Gasteiger partial charge in [-0.3, -0.25) is 0 Å². The van der Waals surface area contributed by atoms with Crippen molar-refractivity contribution in [1.29, 1.82) is 0 Å². The summed E-state index contributed by atoms with van der Waals surface area (Å²) in [7, 11) is 0. The van der Waals surface area contributed by atoms with Crippen molar-refractivity contribution in [1.82, 2.24) is 14.8 Å². The summed E-state index contributed by atoms with van der Waals surface area (Å²) in [5.74, 6) is -0.0921. The van der Waals surface area contributed by atoms with Crippen molar-refractivity contribution in [2.75, 3.05) is 10.6 Å². The molecule has 2 amide bonds. The summed E-state index contributed by atoms with van der Waals surface area (Å²) < 4.78 is 68.3. The van der Waals surface area contributed by atoms with Gasteiger partial charge in [-0.05, 0) is 78.6 Å². The standard InChI is InChI=1S/C27H24F5N5O2/c1-16(2)22-13-4-17(3)14-23(22)35-25(38)34-19-7-5-18(6-8-19)24-33-15-37(36-24)20-9-11-21(12-10-20)39-27(31,32)26(28,29)30/h4-16H,1-3H3,(H2,34,35,38). The highest BCUT2D eigenvalue weighted by Gasteiger charge is 2.61. The number of hydrogen-bond donors (Lipinski definition) is 2. The second-order valence-corrected chi connectivity index (χ2v) is 9.03. The molecule has 0 bridgehead atoms. The van der Waals surface area contributed by atoms with Crippen molar-refractivity contribution in [3.63, 3.8) is 0 Å². The number of nitrogens with zero attached hydrogens (tertiary/aromatic N) is 3. The third-order valence-corrected chi connectivity index (χ3v) is 5.65. The van der Waals surface area contributed by atoms with Gasteiger partial charge in [0.25, 0.3) is 0 Å². The summed E-state index contributed by atoms with van der Waals surface area (Å²) in [5, 5.41) is 9.99. The number of aromatic nitrogens is 3. The molecule has 0 aliphatic carbocycles. The third-order valence-electron chi connectivity index (χ3n) is 5.65. The fourth-order valence-electron chi connectivity index (χ4n) is 3.66. The maximum absolute atomic E-state index is 13.1. The summed E-state index contributed by atoms with van der Waals surface area (Å²) in [4.78, 5) is 16.8. The molecular formula is C27H24F5N5O2. The van der Waals surface area contributed by atoms with Crippen LogP contribution in [0.15, 0.2) is 73.1 Å². The molecule has 0 saturated heterocycles. The van der Waals surface area contributed by atoms with Crippen molar-refractivity contribution < 1.29 is 31.5 Å². The number of aryl methyl sites for hydroxylation is 1. The molecule has 0 fully saturated rings. The summed E-state index contributed by atoms with van der Waals surface area (Å²) in [6, 6.07) is 16.8. The first-order valence-electron chi connectivity index (χ1n) is 11.8. The van der Waals surface area contributed by atoms with Crippen LogP contribution in [0.2, 0.25) is 0 Å². The Balaban J connectivity index is 1.40. The van der Waals surface area contributed by atoms with E-state index >= 15 is 0 Å². The van der Waals surface area contributed by atoms with Crippen LogP contribution in [0.3, 0.4) is 0 Å². The molecule has 1 aromatic heterocycles. The number of urea groups is 1. The van der Waals surface area contributed by atoms with Gasteiger partial charge in [-0.15, -0.1) is 5.10 Å². The highest BCUT2D eigenvalue weighted by molar-refractivity contribution is 6.00. The van der Waals surface area contributed by atoms with Gasteiger partial charge < -0.3 is 15.4 Å². The van der Waals surface area contributed by atoms with E-state index in [1.165, 1.54) is 23.1 Å². The maximum atomic E-state index is 13.1. The van der Waals surface area contributed by atoms with E-state index in [0.717, 1.165) is 28.9 Å². The number of carbonyl (C=O) groups is 1. The molecular weight excluding hydrogens is 521 g/mol. The predicted octanol–water partition coefficient (Wildman–Crippen LogP) is 7.54. The lowest BCUT2D eigenvalue weighted by atomic mass is 9.99. The number of alkyl halides is 5. The van der Waals surface area contributed by atoms with Crippen molar-refractivity contribution in [3.05, 3.63) is 84.2 Å². The number of nitrogens with one attached hydrogen (secondary N) is 2. The van der Waals surface area contributed by atoms with E-state index in [4.69, 9.17) is 0 Å². The number of ether oxygens (including phenoxy) is 1. The molecule has 0 atom stereocenters. The van der Waals surface area contributed by atoms with Crippen LogP contribution >= 0.6 is 0 Å². The molecule has 12 heteroatoms. The lowest BCUT2D eigenvalue weighted by Gasteiger charge is -2.20. The SMILES string of the molecule is Cc1ccc(C(C)C)c(NC(=O)Nc2ccc(-c3ncn(-c4ccc(OC(F)(F)C(F)(F)F)cc4)n3)cc2)c1. The van der Waals surface area contributed by atoms with Gasteiger partial charge in [0.2, 0.25) is 0 Å². The molecule has 39 heavy (non-hydrogen) atoms. The lowest BCUT2D eigenvalue weighted by molar-refractivity contribution is -0.360. The van der Waals surface area contributed by atoms with E-state index < -0.39 is 24.1 Å². The molecule has 0 saturated carbocycles. The van der Waals surface area contributed by atoms with Crippen molar-refractivity contribution in [2.24, 2.45) is 0 Å². The Morgan fingerprint density at radius 1 is 0.923 bits per heavy atom. The number of carbonyl (C=O) groups excluding carboxylic acids is 1. The number of anilines is 2. The Morgan fingerprint density at radius 2 is 1.59 bits per heavy atom. The van der Waals surface area contributed by atoms with Crippen molar-refractivity contribution >= 4 is 17.4 Å². The second kappa shape index (κ2) is 10.7. The minimum atomic E-state index is -5.83. The minimum Gasteiger partial charge on any atom is -0.426 e. The lowest BCUT2D eigenvalue weighted by Crippen LogP contribution is -2.41. The second-order valence-electron chi connectivity index (χ2n) is 9.03. The van der Waals surface area contributed by atoms with E-state index in [1.807, 2.05) is 39.0 Å². The topological polar surface area (TPSA) is 81.1 Å². The van der Waals surface area contributed by atoms with Crippen LogP contribution < -0.4 is 15.4 Å². The zero-order chi connectivity index (χ0) is 28.4. The molecule has 0 aliphatic heterocycles. The number of hydrogen-bond acceptors (Lipinski definition) is 4. The Labute approximate surface area is 220 Å². The Morgan fingerprint density at radius 3 is 2.21 bits per heavy atom. The fourth-order valence-corrected chi connectivity index (χ4v) is 3.66. The molecule has 4 rings (SSSR count). The summed E-state index contributed by atoms with van der Waals surface area (Å²) >= 11 is 0. The Hall–Kier alpha value is -4.48. The summed E-state index contributed by atoms with van der Waals surface area (Å²) in [5.41, 5.74) is 4.32. The normalized spacial score (nSPS) is 11.9. The summed E-state index contributed by atoms with van der Waals surface area (Å²) in [6.45, 7) is 6.04. The third kappa shape index (κ3) is 6.51. The number of amides is 2. The van der Waals surface area contributed by atoms with Gasteiger partial charge in [0.05, 0.1) is 5.69 Å². The van der Waals surface area contributed by atoms with E-state index in [9.17, 15) is 26.7 Å². The fraction of sp³-hybridized carbons (Fsp3) is 0.222. The van der Waals surface area contributed by atoms with E-state index in [2.05, 4.69) is 25.5 Å². The maximum Gasteiger partial charge on any atom is 0.499 e. The van der Waals surface area contributed by atoms with Crippen LogP contribution in [-0.4, -0.2) is 33.1 Å². The Kier molecular flexibility index (Phi) is 7.57. The van der Waals surface area contributed by atoms with Crippen LogP contribution in [0.25, 0.3) is 17.1 Å². The highest BCUT2D eigenvalue weighted by Crippen LogP contribution is 2.37. The molecule has 0 aliphatic rings. The molecule has 3 aromatic carbocycles. The van der Waals surface area contributed by atoms with Crippen LogP contribution in [0.4, 0.5) is 38.1 Å². The van der Waals surface area contributed by atoms with Crippen LogP contribution in [0.5, 0.6) is 5.75 Å². The predicted molar refractivity (Wildman–Crippen MR) is 136 cm³/mol. The van der Waals surface area contributed by atoms with Crippen molar-refractivity contribution in [3.8, 4) is 22.8 Å². The zero-order valence-corrected chi connectivity index (χ0v) is 21.1. The first-order valence-corrected chi connectivity index (χ1v) is 11.8. The van der Waals surface area contributed by atoms with Crippen molar-refractivity contribution in [2.45, 2.75) is 39.0 Å². The number of benzene rings is 3. The molecule has 1 heterocycles. The quantitative estimate of drug-likeness (QED) is 0.235. The van der Waals surface area contributed by atoms with Gasteiger partial charge in [0.15, 0.2) is 5.82 Å². The van der Waals surface area contributed by atoms with Crippen LogP contribution in [0, 0.1) is 6.92 Å². The van der Waals surface area contributed by atoms with E-state index in [1.54, 1.807) is 24.3 Å². The average molecular weight is 546 g/mol. The van der Waals surface area contributed by atoms with Gasteiger partial charge in [-0.25, -0.2) is 14.5 Å². The van der Waals surface area contributed by atoms with Gasteiger partial charge >= 0.3 is 18.3 Å². The monoisotopic (exact) mass is 545 g/mol. The summed E-state index contributed by atoms with van der Waals surface area (Å²) in [6.07, 6.45) is -9.78. The van der Waals surface area contributed by atoms with Crippen LogP contribution in [-0.2, 0) is 0 Å². The van der Waals surface area contributed by atoms with E-state index in [-0.39, 0.29) is 5.92 Å².